The van der Waals surface area contributed by atoms with Gasteiger partial charge in [0.25, 0.3) is 0 Å². The molecule has 1 saturated heterocycles. The van der Waals surface area contributed by atoms with E-state index in [1.165, 1.54) is 5.56 Å². The van der Waals surface area contributed by atoms with Crippen LogP contribution < -0.4 is 10.1 Å². The topological polar surface area (TPSA) is 61.8 Å². The van der Waals surface area contributed by atoms with Gasteiger partial charge in [0.15, 0.2) is 11.5 Å². The number of phenolic OH excluding ortho intramolecular Hbond substituents is 1. The third-order valence-electron chi connectivity index (χ3n) is 6.79. The molecule has 1 atom stereocenters. The van der Waals surface area contributed by atoms with Crippen LogP contribution in [0.4, 0.5) is 0 Å². The van der Waals surface area contributed by atoms with Gasteiger partial charge in [0.05, 0.1) is 7.11 Å². The highest BCUT2D eigenvalue weighted by atomic mass is 16.5. The van der Waals surface area contributed by atoms with Crippen LogP contribution in [-0.4, -0.2) is 42.7 Å². The van der Waals surface area contributed by atoms with E-state index in [0.29, 0.717) is 5.75 Å². The summed E-state index contributed by atoms with van der Waals surface area (Å²) in [6.45, 7) is 3.59. The Morgan fingerprint density at radius 2 is 1.93 bits per heavy atom. The molecular formula is C25H32N2O3. The number of nitrogens with zero attached hydrogens (tertiary/aromatic N) is 1. The molecular weight excluding hydrogens is 376 g/mol. The maximum absolute atomic E-state index is 12.6. The number of piperidine rings is 1. The zero-order valence-corrected chi connectivity index (χ0v) is 17.8. The summed E-state index contributed by atoms with van der Waals surface area (Å²) < 4.78 is 5.12. The van der Waals surface area contributed by atoms with Crippen LogP contribution in [0.25, 0.3) is 0 Å². The zero-order valence-electron chi connectivity index (χ0n) is 17.8. The molecule has 2 N–H and O–H groups in total. The normalized spacial score (nSPS) is 20.1. The summed E-state index contributed by atoms with van der Waals surface area (Å²) in [5.74, 6) is 1.14. The van der Waals surface area contributed by atoms with Gasteiger partial charge < -0.3 is 15.2 Å². The Balaban J connectivity index is 1.18. The van der Waals surface area contributed by atoms with Crippen LogP contribution >= 0.6 is 0 Å². The predicted octanol–water partition coefficient (Wildman–Crippen LogP) is 3.75. The molecule has 1 heterocycles. The number of rotatable bonds is 8. The molecule has 4 rings (SSSR count). The standard InChI is InChI=1S/C25H32N2O3/c1-30-23-10-9-20(16-22(23)28)18-27-14-11-25(12-15-27)17-21(25)24(29)26-13-5-8-19-6-3-2-4-7-19/h2-4,6-7,9-10,16,21,28H,5,8,11-15,17-18H2,1H3,(H,26,29). The fourth-order valence-corrected chi connectivity index (χ4v) is 4.79. The molecule has 1 aliphatic carbocycles. The average molecular weight is 409 g/mol. The zero-order chi connectivity index (χ0) is 21.0. The fourth-order valence-electron chi connectivity index (χ4n) is 4.79. The Hall–Kier alpha value is -2.53. The summed E-state index contributed by atoms with van der Waals surface area (Å²) in [5, 5.41) is 13.1. The number of likely N-dealkylation sites (tertiary alicyclic amines) is 1. The van der Waals surface area contributed by atoms with Gasteiger partial charge in [0, 0.05) is 19.0 Å². The number of benzene rings is 2. The van der Waals surface area contributed by atoms with Gasteiger partial charge in [-0.2, -0.15) is 0 Å². The van der Waals surface area contributed by atoms with Crippen molar-refractivity contribution in [3.05, 3.63) is 59.7 Å². The molecule has 2 aromatic carbocycles. The van der Waals surface area contributed by atoms with Crippen LogP contribution in [-0.2, 0) is 17.8 Å². The van der Waals surface area contributed by atoms with Gasteiger partial charge in [-0.1, -0.05) is 36.4 Å². The van der Waals surface area contributed by atoms with Crippen LogP contribution in [0.3, 0.4) is 0 Å². The molecule has 2 aromatic rings. The highest BCUT2D eigenvalue weighted by Gasteiger charge is 2.58. The molecule has 1 saturated carbocycles. The van der Waals surface area contributed by atoms with Crippen LogP contribution in [0.5, 0.6) is 11.5 Å². The molecule has 5 heteroatoms. The lowest BCUT2D eigenvalue weighted by Crippen LogP contribution is -2.37. The number of ether oxygens (including phenoxy) is 1. The van der Waals surface area contributed by atoms with Gasteiger partial charge in [-0.3, -0.25) is 9.69 Å². The third kappa shape index (κ3) is 4.78. The second-order valence-corrected chi connectivity index (χ2v) is 8.78. The second kappa shape index (κ2) is 9.09. The molecule has 2 fully saturated rings. The van der Waals surface area contributed by atoms with Crippen molar-refractivity contribution in [1.29, 1.82) is 0 Å². The monoisotopic (exact) mass is 408 g/mol. The van der Waals surface area contributed by atoms with Gasteiger partial charge >= 0.3 is 0 Å². The van der Waals surface area contributed by atoms with E-state index in [-0.39, 0.29) is 23.0 Å². The number of phenols is 1. The molecule has 0 radical (unpaired) electrons. The van der Waals surface area contributed by atoms with Crippen molar-refractivity contribution in [3.63, 3.8) is 0 Å². The molecule has 160 valence electrons. The van der Waals surface area contributed by atoms with Gasteiger partial charge in [-0.25, -0.2) is 0 Å². The first-order chi connectivity index (χ1) is 14.6. The van der Waals surface area contributed by atoms with Gasteiger partial charge in [0.2, 0.25) is 5.91 Å². The summed E-state index contributed by atoms with van der Waals surface area (Å²) in [6, 6.07) is 16.0. The molecule has 0 bridgehead atoms. The molecule has 1 spiro atoms. The molecule has 1 unspecified atom stereocenters. The van der Waals surface area contributed by atoms with Crippen molar-refractivity contribution in [1.82, 2.24) is 10.2 Å². The average Bonchev–Trinajstić information content (AvgIpc) is 3.47. The first kappa shape index (κ1) is 20.7. The quantitative estimate of drug-likeness (QED) is 0.653. The molecule has 0 aromatic heterocycles. The molecule has 30 heavy (non-hydrogen) atoms. The Labute approximate surface area is 179 Å². The van der Waals surface area contributed by atoms with Crippen LogP contribution in [0.15, 0.2) is 48.5 Å². The van der Waals surface area contributed by atoms with Crippen molar-refractivity contribution < 1.29 is 14.6 Å². The minimum Gasteiger partial charge on any atom is -0.504 e. The number of carbonyl (C=O) groups is 1. The minimum atomic E-state index is 0.190. The highest BCUT2D eigenvalue weighted by molar-refractivity contribution is 5.82. The number of hydrogen-bond donors (Lipinski definition) is 2. The Kier molecular flexibility index (Phi) is 6.28. The summed E-state index contributed by atoms with van der Waals surface area (Å²) in [4.78, 5) is 15.0. The van der Waals surface area contributed by atoms with Crippen LogP contribution in [0.2, 0.25) is 0 Å². The Bertz CT molecular complexity index is 860. The lowest BCUT2D eigenvalue weighted by molar-refractivity contribution is -0.123. The van der Waals surface area contributed by atoms with Crippen molar-refractivity contribution in [2.24, 2.45) is 11.3 Å². The lowest BCUT2D eigenvalue weighted by atomic mass is 9.90. The molecule has 2 aliphatic rings. The number of amides is 1. The van der Waals surface area contributed by atoms with E-state index in [1.807, 2.05) is 18.2 Å². The maximum atomic E-state index is 12.6. The van der Waals surface area contributed by atoms with E-state index in [4.69, 9.17) is 4.74 Å². The van der Waals surface area contributed by atoms with Gasteiger partial charge in [0.1, 0.15) is 0 Å². The number of carbonyl (C=O) groups excluding carboxylic acids is 1. The predicted molar refractivity (Wildman–Crippen MR) is 117 cm³/mol. The summed E-state index contributed by atoms with van der Waals surface area (Å²) in [5.41, 5.74) is 2.64. The fraction of sp³-hybridized carbons (Fsp3) is 0.480. The van der Waals surface area contributed by atoms with Gasteiger partial charge in [-0.05, 0) is 73.9 Å². The Morgan fingerprint density at radius 3 is 2.63 bits per heavy atom. The summed E-state index contributed by atoms with van der Waals surface area (Å²) in [6.07, 6.45) is 5.19. The summed E-state index contributed by atoms with van der Waals surface area (Å²) in [7, 11) is 1.56. The minimum absolute atomic E-state index is 0.190. The van der Waals surface area contributed by atoms with E-state index in [9.17, 15) is 9.90 Å². The number of nitrogens with one attached hydrogen (secondary N) is 1. The number of methoxy groups -OCH3 is 1. The van der Waals surface area contributed by atoms with E-state index in [2.05, 4.69) is 34.5 Å². The van der Waals surface area contributed by atoms with Crippen molar-refractivity contribution in [2.45, 2.75) is 38.6 Å². The van der Waals surface area contributed by atoms with Crippen molar-refractivity contribution >= 4 is 5.91 Å². The largest absolute Gasteiger partial charge is 0.504 e. The van der Waals surface area contributed by atoms with E-state index in [0.717, 1.165) is 63.8 Å². The summed E-state index contributed by atoms with van der Waals surface area (Å²) >= 11 is 0. The molecule has 5 nitrogen and oxygen atoms in total. The second-order valence-electron chi connectivity index (χ2n) is 8.78. The first-order valence-electron chi connectivity index (χ1n) is 11.0. The van der Waals surface area contributed by atoms with Crippen LogP contribution in [0, 0.1) is 11.3 Å². The van der Waals surface area contributed by atoms with E-state index >= 15 is 0 Å². The highest BCUT2D eigenvalue weighted by Crippen LogP contribution is 2.59. The van der Waals surface area contributed by atoms with E-state index < -0.39 is 0 Å². The smallest absolute Gasteiger partial charge is 0.223 e. The third-order valence-corrected chi connectivity index (χ3v) is 6.79. The lowest BCUT2D eigenvalue weighted by Gasteiger charge is -2.32. The Morgan fingerprint density at radius 1 is 1.17 bits per heavy atom. The number of hydrogen-bond acceptors (Lipinski definition) is 4. The molecule has 1 aliphatic heterocycles. The van der Waals surface area contributed by atoms with Gasteiger partial charge in [-0.15, -0.1) is 0 Å². The SMILES string of the molecule is COc1ccc(CN2CCC3(CC2)CC3C(=O)NCCCc2ccccc2)cc1O. The maximum Gasteiger partial charge on any atom is 0.223 e. The number of aryl methyl sites for hydroxylation is 1. The van der Waals surface area contributed by atoms with E-state index in [1.54, 1.807) is 13.2 Å². The molecule has 1 amide bonds. The van der Waals surface area contributed by atoms with Crippen molar-refractivity contribution in [3.8, 4) is 11.5 Å². The first-order valence-corrected chi connectivity index (χ1v) is 11.0. The number of aromatic hydroxyl groups is 1. The van der Waals surface area contributed by atoms with Crippen LogP contribution in [0.1, 0.15) is 36.8 Å². The van der Waals surface area contributed by atoms with Crippen molar-refractivity contribution in [2.75, 3.05) is 26.7 Å².